The lowest BCUT2D eigenvalue weighted by atomic mass is 10.1. The molecule has 13 nitrogen and oxygen atoms in total. The van der Waals surface area contributed by atoms with Crippen LogP contribution in [0.4, 0.5) is 15.9 Å². The molecule has 2 heterocycles. The Hall–Kier alpha value is -4.46. The number of carboxylic acids is 1. The number of nitrogens with zero attached hydrogens (tertiary/aromatic N) is 5. The first-order chi connectivity index (χ1) is 19.5. The molecule has 1 amide bonds. The molecule has 3 rings (SSSR count). The van der Waals surface area contributed by atoms with E-state index in [9.17, 15) is 34.1 Å². The van der Waals surface area contributed by atoms with E-state index in [0.29, 0.717) is 31.9 Å². The first kappa shape index (κ1) is 31.1. The number of carbonyl (C=O) groups excluding carboxylic acids is 2. The fourth-order valence-electron chi connectivity index (χ4n) is 4.47. The molecule has 1 aliphatic heterocycles. The average molecular weight is 570 g/mol. The van der Waals surface area contributed by atoms with Crippen LogP contribution in [0.3, 0.4) is 0 Å². The Morgan fingerprint density at radius 2 is 1.88 bits per heavy atom. The van der Waals surface area contributed by atoms with Gasteiger partial charge in [0, 0.05) is 50.8 Å². The number of rotatable bonds is 14. The number of aliphatic carboxylic acids is 1. The highest BCUT2D eigenvalue weighted by molar-refractivity contribution is 6.42. The second-order valence-electron chi connectivity index (χ2n) is 9.68. The number of carbonyl (C=O) groups is 3. The Morgan fingerprint density at radius 1 is 1.20 bits per heavy atom. The molecule has 1 aliphatic rings. The number of nitrogens with one attached hydrogen (secondary N) is 3. The fraction of sp³-hybridized carbons (Fsp3) is 0.444. The first-order valence-electron chi connectivity index (χ1n) is 13.2. The largest absolute Gasteiger partial charge is 0.805 e. The Balaban J connectivity index is 1.67. The highest BCUT2D eigenvalue weighted by Gasteiger charge is 2.30. The van der Waals surface area contributed by atoms with Crippen LogP contribution < -0.4 is 21.1 Å². The lowest BCUT2D eigenvalue weighted by Crippen LogP contribution is -2.52. The molecule has 0 bridgehead atoms. The number of aromatic nitrogens is 2. The van der Waals surface area contributed by atoms with E-state index in [1.54, 1.807) is 25.1 Å². The number of amides is 1. The molecular formula is C27H34FN8O5-. The number of para-hydroxylation sites is 1. The summed E-state index contributed by atoms with van der Waals surface area (Å²) in [6.45, 7) is 4.55. The van der Waals surface area contributed by atoms with Crippen molar-refractivity contribution in [3.05, 3.63) is 58.2 Å². The van der Waals surface area contributed by atoms with Gasteiger partial charge in [-0.15, -0.1) is 5.71 Å². The van der Waals surface area contributed by atoms with E-state index in [4.69, 9.17) is 5.41 Å². The lowest BCUT2D eigenvalue weighted by molar-refractivity contribution is -0.140. The van der Waals surface area contributed by atoms with E-state index in [1.807, 2.05) is 9.80 Å². The summed E-state index contributed by atoms with van der Waals surface area (Å²) in [5, 5.41) is 31.7. The molecular weight excluding hydrogens is 535 g/mol. The zero-order valence-electron chi connectivity index (χ0n) is 23.0. The van der Waals surface area contributed by atoms with Crippen molar-refractivity contribution in [3.63, 3.8) is 0 Å². The zero-order chi connectivity index (χ0) is 30.1. The molecule has 1 aromatic heterocycles. The monoisotopic (exact) mass is 569 g/mol. The minimum atomic E-state index is -1.32. The summed E-state index contributed by atoms with van der Waals surface area (Å²) >= 11 is 0. The number of hydrogen-bond acceptors (Lipinski definition) is 9. The molecule has 0 spiro atoms. The van der Waals surface area contributed by atoms with Crippen LogP contribution in [0.15, 0.2) is 41.5 Å². The van der Waals surface area contributed by atoms with E-state index in [2.05, 4.69) is 15.6 Å². The van der Waals surface area contributed by atoms with Crippen molar-refractivity contribution in [1.82, 2.24) is 19.8 Å². The number of carboxylic acid groups (broad SMARTS) is 1. The van der Waals surface area contributed by atoms with Gasteiger partial charge in [-0.3, -0.25) is 28.6 Å². The predicted molar refractivity (Wildman–Crippen MR) is 152 cm³/mol. The van der Waals surface area contributed by atoms with Gasteiger partial charge >= 0.3 is 5.97 Å². The normalized spacial score (nSPS) is 15.0. The van der Waals surface area contributed by atoms with E-state index in [-0.39, 0.29) is 42.6 Å². The molecule has 4 N–H and O–H groups in total. The minimum Gasteiger partial charge on any atom is -0.805 e. The Kier molecular flexibility index (Phi) is 10.8. The van der Waals surface area contributed by atoms with Gasteiger partial charge in [-0.2, -0.15) is 0 Å². The molecule has 0 aliphatic carbocycles. The van der Waals surface area contributed by atoms with Crippen LogP contribution in [-0.2, 0) is 14.4 Å². The van der Waals surface area contributed by atoms with Gasteiger partial charge < -0.3 is 31.5 Å². The van der Waals surface area contributed by atoms with E-state index >= 15 is 0 Å². The summed E-state index contributed by atoms with van der Waals surface area (Å²) in [5.41, 5.74) is -0.556. The fourth-order valence-corrected chi connectivity index (χ4v) is 4.47. The van der Waals surface area contributed by atoms with Gasteiger partial charge in [0.1, 0.15) is 11.9 Å². The number of anilines is 2. The van der Waals surface area contributed by atoms with Gasteiger partial charge in [-0.05, 0) is 25.5 Å². The molecule has 2 unspecified atom stereocenters. The number of hydrogen-bond donors (Lipinski definition) is 4. The highest BCUT2D eigenvalue weighted by atomic mass is 19.1. The van der Waals surface area contributed by atoms with Gasteiger partial charge in [-0.25, -0.2) is 9.37 Å². The Labute approximate surface area is 236 Å². The van der Waals surface area contributed by atoms with Crippen LogP contribution in [0, 0.1) is 11.2 Å². The third-order valence-corrected chi connectivity index (χ3v) is 6.78. The lowest BCUT2D eigenvalue weighted by Gasteiger charge is -2.36. The molecule has 41 heavy (non-hydrogen) atoms. The average Bonchev–Trinajstić information content (AvgIpc) is 2.93. The maximum Gasteiger partial charge on any atom is 0.305 e. The Morgan fingerprint density at radius 3 is 2.49 bits per heavy atom. The molecule has 1 aromatic carbocycles. The van der Waals surface area contributed by atoms with Gasteiger partial charge in [0.2, 0.25) is 5.91 Å². The van der Waals surface area contributed by atoms with E-state index in [0.717, 1.165) is 4.57 Å². The molecule has 1 fully saturated rings. The van der Waals surface area contributed by atoms with Crippen LogP contribution in [0.1, 0.15) is 32.7 Å². The van der Waals surface area contributed by atoms with Crippen LogP contribution in [0.5, 0.6) is 0 Å². The first-order valence-corrected chi connectivity index (χ1v) is 13.2. The number of Topliss-reactive ketones (excluding diaryl/α,β-unsaturated/α-hetero) is 1. The molecule has 0 radical (unpaired) electrons. The van der Waals surface area contributed by atoms with Gasteiger partial charge in [0.05, 0.1) is 24.7 Å². The summed E-state index contributed by atoms with van der Waals surface area (Å²) in [6, 6.07) is 4.04. The maximum atomic E-state index is 14.1. The zero-order valence-corrected chi connectivity index (χ0v) is 23.0. The van der Waals surface area contributed by atoms with E-state index < -0.39 is 41.7 Å². The van der Waals surface area contributed by atoms with Crippen molar-refractivity contribution in [2.45, 2.75) is 38.8 Å². The number of ketones is 1. The van der Waals surface area contributed by atoms with Crippen LogP contribution in [0.2, 0.25) is 0 Å². The van der Waals surface area contributed by atoms with Crippen molar-refractivity contribution in [3.8, 4) is 0 Å². The van der Waals surface area contributed by atoms with Crippen molar-refractivity contribution in [2.75, 3.05) is 49.5 Å². The molecule has 1 saturated heterocycles. The van der Waals surface area contributed by atoms with Crippen molar-refractivity contribution in [2.24, 2.45) is 0 Å². The second-order valence-corrected chi connectivity index (χ2v) is 9.68. The van der Waals surface area contributed by atoms with Crippen molar-refractivity contribution < 1.29 is 23.9 Å². The number of piperazine rings is 1. The van der Waals surface area contributed by atoms with Crippen LogP contribution >= 0.6 is 0 Å². The third-order valence-electron chi connectivity index (χ3n) is 6.78. The topological polar surface area (TPSA) is 183 Å². The quantitative estimate of drug-likeness (QED) is 0.242. The summed E-state index contributed by atoms with van der Waals surface area (Å²) in [4.78, 5) is 58.5. The second kappa shape index (κ2) is 14.3. The van der Waals surface area contributed by atoms with Gasteiger partial charge in [0.25, 0.3) is 5.56 Å². The smallest absolute Gasteiger partial charge is 0.305 e. The molecule has 14 heteroatoms. The standard InChI is InChI=1S/C27H34FN8O5/c1-3-21(36-9-8-31-25(27(36)41)32-15-19(30)17(2)29)26(40)33-20(14-24(38)39)23(37)16-34-10-12-35(13-11-34)22-7-5-4-6-18(22)28/h4-9,20-21,29H,3,10-16H2,1-2H3,(H,31,32)(H,33,40)(H,38,39)/q-1. The highest BCUT2D eigenvalue weighted by Crippen LogP contribution is 2.20. The minimum absolute atomic E-state index is 0.0827. The van der Waals surface area contributed by atoms with Crippen molar-refractivity contribution in [1.29, 1.82) is 5.41 Å². The summed E-state index contributed by atoms with van der Waals surface area (Å²) in [5.74, 6) is -2.96. The summed E-state index contributed by atoms with van der Waals surface area (Å²) < 4.78 is 15.3. The van der Waals surface area contributed by atoms with Crippen LogP contribution in [-0.4, -0.2) is 94.0 Å². The molecule has 220 valence electrons. The molecule has 2 atom stereocenters. The third kappa shape index (κ3) is 8.27. The molecule has 2 aromatic rings. The predicted octanol–water partition coefficient (Wildman–Crippen LogP) is 1.15. The number of benzene rings is 1. The van der Waals surface area contributed by atoms with Gasteiger partial charge in [-0.1, -0.05) is 19.1 Å². The Bertz CT molecular complexity index is 1360. The summed E-state index contributed by atoms with van der Waals surface area (Å²) in [7, 11) is 0. The summed E-state index contributed by atoms with van der Waals surface area (Å²) in [6.07, 6.45) is 2.11. The molecule has 0 saturated carbocycles. The van der Waals surface area contributed by atoms with Crippen LogP contribution in [0.25, 0.3) is 5.41 Å². The van der Waals surface area contributed by atoms with Crippen molar-refractivity contribution >= 4 is 40.6 Å². The number of halogens is 1. The van der Waals surface area contributed by atoms with E-state index in [1.165, 1.54) is 25.4 Å². The maximum absolute atomic E-state index is 14.1. The SMILES string of the molecule is CCC(C(=O)NC(CC(=O)O)C(=O)CN1CCN(c2ccccc2F)CC1)n1ccnc(NCC(=[N-])C(C)=N)c1=O. The van der Waals surface area contributed by atoms with Gasteiger partial charge in [0.15, 0.2) is 11.6 Å².